The summed E-state index contributed by atoms with van der Waals surface area (Å²) in [5.41, 5.74) is 4.35. The molecule has 0 unspecified atom stereocenters. The maximum absolute atomic E-state index is 11.1. The van der Waals surface area contributed by atoms with Crippen LogP contribution in [0.15, 0.2) is 42.5 Å². The van der Waals surface area contributed by atoms with E-state index in [0.29, 0.717) is 26.1 Å². The minimum absolute atomic E-state index is 0.0222. The summed E-state index contributed by atoms with van der Waals surface area (Å²) in [6.07, 6.45) is 0.692. The molecule has 1 aromatic heterocycles. The zero-order valence-corrected chi connectivity index (χ0v) is 15.6. The van der Waals surface area contributed by atoms with Gasteiger partial charge in [0.25, 0.3) is 0 Å². The van der Waals surface area contributed by atoms with Gasteiger partial charge in [0.05, 0.1) is 17.6 Å². The number of aromatic nitrogens is 2. The predicted molar refractivity (Wildman–Crippen MR) is 104 cm³/mol. The fourth-order valence-electron chi connectivity index (χ4n) is 3.18. The van der Waals surface area contributed by atoms with Gasteiger partial charge in [0.1, 0.15) is 18.2 Å². The third-order valence-corrected chi connectivity index (χ3v) is 4.43. The molecule has 5 heteroatoms. The molecular weight excluding hydrogens is 326 g/mol. The maximum Gasteiger partial charge on any atom is 0.216 e. The van der Waals surface area contributed by atoms with Crippen LogP contribution in [0.4, 0.5) is 0 Å². The Morgan fingerprint density at radius 3 is 2.58 bits per heavy atom. The average molecular weight is 351 g/mol. The lowest BCUT2D eigenvalue weighted by Gasteiger charge is -2.14. The number of hydrogen-bond acceptors (Lipinski definition) is 3. The monoisotopic (exact) mass is 351 g/mol. The van der Waals surface area contributed by atoms with E-state index >= 15 is 0 Å². The van der Waals surface area contributed by atoms with E-state index in [1.807, 2.05) is 24.3 Å². The molecule has 0 radical (unpaired) electrons. The molecule has 0 saturated carbocycles. The molecule has 1 amide bonds. The van der Waals surface area contributed by atoms with Crippen molar-refractivity contribution in [3.05, 3.63) is 59.4 Å². The van der Waals surface area contributed by atoms with E-state index in [9.17, 15) is 4.79 Å². The summed E-state index contributed by atoms with van der Waals surface area (Å²) < 4.78 is 8.25. The number of hydrogen-bond donors (Lipinski definition) is 1. The van der Waals surface area contributed by atoms with Crippen molar-refractivity contribution in [2.24, 2.45) is 0 Å². The van der Waals surface area contributed by atoms with E-state index < -0.39 is 0 Å². The highest BCUT2D eigenvalue weighted by atomic mass is 16.5. The van der Waals surface area contributed by atoms with E-state index in [1.54, 1.807) is 0 Å². The summed E-state index contributed by atoms with van der Waals surface area (Å²) in [5.74, 6) is 1.90. The zero-order valence-electron chi connectivity index (χ0n) is 15.6. The van der Waals surface area contributed by atoms with E-state index in [4.69, 9.17) is 9.72 Å². The lowest BCUT2D eigenvalue weighted by atomic mass is 10.1. The number of nitrogens with one attached hydrogen (secondary N) is 1. The molecule has 0 atom stereocenters. The summed E-state index contributed by atoms with van der Waals surface area (Å²) in [6.45, 7) is 7.52. The van der Waals surface area contributed by atoms with Gasteiger partial charge in [0.2, 0.25) is 5.91 Å². The van der Waals surface area contributed by atoms with Crippen molar-refractivity contribution in [3.63, 3.8) is 0 Å². The van der Waals surface area contributed by atoms with Gasteiger partial charge in [-0.15, -0.1) is 0 Å². The Morgan fingerprint density at radius 2 is 1.85 bits per heavy atom. The molecule has 2 aromatic carbocycles. The second kappa shape index (κ2) is 8.04. The van der Waals surface area contributed by atoms with Gasteiger partial charge >= 0.3 is 0 Å². The van der Waals surface area contributed by atoms with Crippen molar-refractivity contribution in [1.29, 1.82) is 0 Å². The van der Waals surface area contributed by atoms with Crippen LogP contribution in [0, 0.1) is 13.8 Å². The second-order valence-corrected chi connectivity index (χ2v) is 6.47. The van der Waals surface area contributed by atoms with E-state index in [0.717, 1.165) is 33.7 Å². The Hall–Kier alpha value is -2.82. The number of ether oxygens (including phenoxy) is 1. The Kier molecular flexibility index (Phi) is 5.56. The highest BCUT2D eigenvalue weighted by Crippen LogP contribution is 2.23. The quantitative estimate of drug-likeness (QED) is 0.710. The summed E-state index contributed by atoms with van der Waals surface area (Å²) in [5, 5.41) is 2.84. The van der Waals surface area contributed by atoms with Gasteiger partial charge in [0.15, 0.2) is 0 Å². The minimum Gasteiger partial charge on any atom is -0.491 e. The molecule has 0 saturated heterocycles. The fourth-order valence-corrected chi connectivity index (χ4v) is 3.18. The van der Waals surface area contributed by atoms with E-state index in [2.05, 4.69) is 41.9 Å². The molecule has 0 fully saturated rings. The van der Waals surface area contributed by atoms with E-state index in [-0.39, 0.29) is 5.91 Å². The Bertz CT molecular complexity index is 895. The highest BCUT2D eigenvalue weighted by Gasteiger charge is 2.11. The smallest absolute Gasteiger partial charge is 0.216 e. The lowest BCUT2D eigenvalue weighted by Crippen LogP contribution is -2.24. The number of nitrogens with zero attached hydrogens (tertiary/aromatic N) is 2. The third-order valence-electron chi connectivity index (χ3n) is 4.43. The highest BCUT2D eigenvalue weighted by molar-refractivity contribution is 5.76. The van der Waals surface area contributed by atoms with Crippen LogP contribution in [0.1, 0.15) is 23.9 Å². The third kappa shape index (κ3) is 4.04. The molecule has 5 nitrogen and oxygen atoms in total. The Morgan fingerprint density at radius 1 is 1.12 bits per heavy atom. The van der Waals surface area contributed by atoms with Gasteiger partial charge < -0.3 is 14.6 Å². The summed E-state index contributed by atoms with van der Waals surface area (Å²) in [6, 6.07) is 14.3. The number of rotatable bonds is 7. The van der Waals surface area contributed by atoms with Crippen LogP contribution in [-0.4, -0.2) is 28.6 Å². The molecule has 1 N–H and O–H groups in total. The molecule has 0 aliphatic carbocycles. The molecule has 3 rings (SSSR count). The van der Waals surface area contributed by atoms with Crippen molar-refractivity contribution < 1.29 is 9.53 Å². The van der Waals surface area contributed by atoms with Crippen molar-refractivity contribution in [1.82, 2.24) is 14.9 Å². The Labute approximate surface area is 154 Å². The number of para-hydroxylation sites is 3. The summed E-state index contributed by atoms with van der Waals surface area (Å²) in [7, 11) is 0. The maximum atomic E-state index is 11.1. The number of carbonyl (C=O) groups is 1. The first-order chi connectivity index (χ1) is 12.6. The first kappa shape index (κ1) is 18.0. The van der Waals surface area contributed by atoms with Crippen molar-refractivity contribution >= 4 is 16.9 Å². The van der Waals surface area contributed by atoms with Gasteiger partial charge in [-0.3, -0.25) is 4.79 Å². The Balaban J connectivity index is 1.76. The van der Waals surface area contributed by atoms with Crippen LogP contribution >= 0.6 is 0 Å². The average Bonchev–Trinajstić information content (AvgIpc) is 2.95. The first-order valence-corrected chi connectivity index (χ1v) is 8.94. The van der Waals surface area contributed by atoms with Crippen molar-refractivity contribution in [3.8, 4) is 5.75 Å². The van der Waals surface area contributed by atoms with Crippen LogP contribution in [0.25, 0.3) is 11.0 Å². The van der Waals surface area contributed by atoms with Crippen molar-refractivity contribution in [2.75, 3.05) is 13.2 Å². The summed E-state index contributed by atoms with van der Waals surface area (Å²) in [4.78, 5) is 15.9. The van der Waals surface area contributed by atoms with Crippen molar-refractivity contribution in [2.45, 2.75) is 33.7 Å². The van der Waals surface area contributed by atoms with Gasteiger partial charge in [0, 0.05) is 19.9 Å². The normalized spacial score (nSPS) is 10.9. The number of aryl methyl sites for hydroxylation is 2. The molecular formula is C21H25N3O2. The topological polar surface area (TPSA) is 56.2 Å². The van der Waals surface area contributed by atoms with Gasteiger partial charge in [-0.05, 0) is 37.1 Å². The molecule has 26 heavy (non-hydrogen) atoms. The number of carbonyl (C=O) groups excluding carboxylic acids is 1. The molecule has 0 bridgehead atoms. The molecule has 0 aliphatic heterocycles. The number of benzene rings is 2. The standard InChI is InChI=1S/C21H25N3O2/c1-15-7-6-8-16(2)21(15)26-14-13-24-19-10-5-4-9-18(19)23-20(24)11-12-22-17(3)25/h4-10H,11-14H2,1-3H3,(H,22,25). The fraction of sp³-hybridized carbons (Fsp3) is 0.333. The molecule has 3 aromatic rings. The summed E-state index contributed by atoms with van der Waals surface area (Å²) >= 11 is 0. The lowest BCUT2D eigenvalue weighted by molar-refractivity contribution is -0.118. The second-order valence-electron chi connectivity index (χ2n) is 6.47. The predicted octanol–water partition coefficient (Wildman–Crippen LogP) is 3.41. The van der Waals surface area contributed by atoms with Gasteiger partial charge in [-0.25, -0.2) is 4.98 Å². The van der Waals surface area contributed by atoms with Gasteiger partial charge in [-0.1, -0.05) is 30.3 Å². The van der Waals surface area contributed by atoms with Crippen LogP contribution in [-0.2, 0) is 17.8 Å². The zero-order chi connectivity index (χ0) is 18.5. The van der Waals surface area contributed by atoms with Gasteiger partial charge in [-0.2, -0.15) is 0 Å². The van der Waals surface area contributed by atoms with E-state index in [1.165, 1.54) is 6.92 Å². The van der Waals surface area contributed by atoms with Crippen LogP contribution in [0.5, 0.6) is 5.75 Å². The van der Waals surface area contributed by atoms with Crippen LogP contribution in [0.2, 0.25) is 0 Å². The molecule has 0 spiro atoms. The molecule has 1 heterocycles. The minimum atomic E-state index is -0.0222. The largest absolute Gasteiger partial charge is 0.491 e. The first-order valence-electron chi connectivity index (χ1n) is 8.94. The number of imidazole rings is 1. The molecule has 0 aliphatic rings. The van der Waals surface area contributed by atoms with Crippen LogP contribution < -0.4 is 10.1 Å². The molecule has 136 valence electrons. The number of fused-ring (bicyclic) bond motifs is 1. The SMILES string of the molecule is CC(=O)NCCc1nc2ccccc2n1CCOc1c(C)cccc1C. The van der Waals surface area contributed by atoms with Crippen LogP contribution in [0.3, 0.4) is 0 Å². The number of amides is 1.